The zero-order valence-electron chi connectivity index (χ0n) is 13.1. The summed E-state index contributed by atoms with van der Waals surface area (Å²) in [6.07, 6.45) is -0.531. The molecule has 21 heavy (non-hydrogen) atoms. The van der Waals surface area contributed by atoms with Gasteiger partial charge in [0.05, 0.1) is 0 Å². The van der Waals surface area contributed by atoms with Crippen LogP contribution in [0.1, 0.15) is 45.6 Å². The molecule has 0 bridgehead atoms. The number of ether oxygens (including phenoxy) is 1. The van der Waals surface area contributed by atoms with Gasteiger partial charge in [-0.1, -0.05) is 36.4 Å². The highest BCUT2D eigenvalue weighted by atomic mass is 16.5. The fourth-order valence-corrected chi connectivity index (χ4v) is 2.49. The number of carbonyl (C=O) groups is 1. The first-order valence-corrected chi connectivity index (χ1v) is 7.33. The summed E-state index contributed by atoms with van der Waals surface area (Å²) in [6.45, 7) is 8.50. The summed E-state index contributed by atoms with van der Waals surface area (Å²) >= 11 is 0. The van der Waals surface area contributed by atoms with E-state index in [0.29, 0.717) is 6.61 Å². The molecule has 0 saturated carbocycles. The third-order valence-electron chi connectivity index (χ3n) is 3.78. The molecule has 110 valence electrons. The van der Waals surface area contributed by atoms with Gasteiger partial charge < -0.3 is 4.74 Å². The first kappa shape index (κ1) is 15.5. The molecule has 0 amide bonds. The lowest BCUT2D eigenvalue weighted by Crippen LogP contribution is -2.18. The highest BCUT2D eigenvalue weighted by molar-refractivity contribution is 6.01. The second-order valence-corrected chi connectivity index (χ2v) is 5.36. The standard InChI is InChI=1S/C19H22O2/c1-5-21-19(16-9-7-6-8-10-16)18(20)17-12-14(3)13(2)11-15(17)4/h6-12,19H,5H2,1-4H3. The number of rotatable bonds is 5. The Hall–Kier alpha value is -1.93. The van der Waals surface area contributed by atoms with Crippen LogP contribution in [0.3, 0.4) is 0 Å². The molecule has 2 heteroatoms. The summed E-state index contributed by atoms with van der Waals surface area (Å²) in [5.74, 6) is 0.0312. The molecule has 0 N–H and O–H groups in total. The van der Waals surface area contributed by atoms with E-state index in [9.17, 15) is 4.79 Å². The van der Waals surface area contributed by atoms with Gasteiger partial charge in [-0.05, 0) is 56.0 Å². The molecule has 1 atom stereocenters. The lowest BCUT2D eigenvalue weighted by molar-refractivity contribution is 0.0452. The summed E-state index contributed by atoms with van der Waals surface area (Å²) in [5.41, 5.74) is 5.00. The third kappa shape index (κ3) is 3.40. The van der Waals surface area contributed by atoms with Gasteiger partial charge in [-0.3, -0.25) is 4.79 Å². The second-order valence-electron chi connectivity index (χ2n) is 5.36. The summed E-state index contributed by atoms with van der Waals surface area (Å²) in [6, 6.07) is 13.7. The maximum atomic E-state index is 12.9. The van der Waals surface area contributed by atoms with Crippen molar-refractivity contribution < 1.29 is 9.53 Å². The van der Waals surface area contributed by atoms with Crippen molar-refractivity contribution in [2.75, 3.05) is 6.61 Å². The van der Waals surface area contributed by atoms with Crippen LogP contribution < -0.4 is 0 Å². The Morgan fingerprint density at radius 3 is 2.24 bits per heavy atom. The molecule has 2 aromatic carbocycles. The molecule has 0 aliphatic heterocycles. The van der Waals surface area contributed by atoms with Gasteiger partial charge in [0.2, 0.25) is 0 Å². The van der Waals surface area contributed by atoms with E-state index in [1.807, 2.05) is 57.2 Å². The Morgan fingerprint density at radius 2 is 1.62 bits per heavy atom. The van der Waals surface area contributed by atoms with Crippen molar-refractivity contribution in [3.05, 3.63) is 70.3 Å². The van der Waals surface area contributed by atoms with Crippen LogP contribution in [0.5, 0.6) is 0 Å². The third-order valence-corrected chi connectivity index (χ3v) is 3.78. The zero-order chi connectivity index (χ0) is 15.4. The molecule has 1 unspecified atom stereocenters. The maximum Gasteiger partial charge on any atom is 0.196 e. The van der Waals surface area contributed by atoms with E-state index in [-0.39, 0.29) is 5.78 Å². The fourth-order valence-electron chi connectivity index (χ4n) is 2.49. The average Bonchev–Trinajstić information content (AvgIpc) is 2.49. The molecule has 0 aliphatic carbocycles. The number of hydrogen-bond donors (Lipinski definition) is 0. The van der Waals surface area contributed by atoms with E-state index < -0.39 is 6.10 Å². The van der Waals surface area contributed by atoms with Crippen LogP contribution >= 0.6 is 0 Å². The normalized spacial score (nSPS) is 12.2. The molecule has 0 heterocycles. The topological polar surface area (TPSA) is 26.3 Å². The van der Waals surface area contributed by atoms with Crippen molar-refractivity contribution in [2.45, 2.75) is 33.8 Å². The Kier molecular flexibility index (Phi) is 4.92. The monoisotopic (exact) mass is 282 g/mol. The first-order valence-electron chi connectivity index (χ1n) is 7.33. The molecule has 0 aliphatic rings. The van der Waals surface area contributed by atoms with Crippen LogP contribution in [0.4, 0.5) is 0 Å². The lowest BCUT2D eigenvalue weighted by Gasteiger charge is -2.18. The molecule has 0 radical (unpaired) electrons. The van der Waals surface area contributed by atoms with Crippen molar-refractivity contribution in [1.29, 1.82) is 0 Å². The average molecular weight is 282 g/mol. The van der Waals surface area contributed by atoms with Crippen LogP contribution in [-0.4, -0.2) is 12.4 Å². The summed E-state index contributed by atoms with van der Waals surface area (Å²) < 4.78 is 5.72. The van der Waals surface area contributed by atoms with Crippen molar-refractivity contribution in [3.8, 4) is 0 Å². The summed E-state index contributed by atoms with van der Waals surface area (Å²) in [5, 5.41) is 0. The predicted octanol–water partition coefficient (Wildman–Crippen LogP) is 4.57. The van der Waals surface area contributed by atoms with E-state index in [2.05, 4.69) is 13.0 Å². The number of benzene rings is 2. The number of aryl methyl sites for hydroxylation is 3. The van der Waals surface area contributed by atoms with E-state index >= 15 is 0 Å². The summed E-state index contributed by atoms with van der Waals surface area (Å²) in [7, 11) is 0. The minimum absolute atomic E-state index is 0.0312. The zero-order valence-corrected chi connectivity index (χ0v) is 13.1. The molecule has 0 spiro atoms. The van der Waals surface area contributed by atoms with Crippen LogP contribution in [0.25, 0.3) is 0 Å². The van der Waals surface area contributed by atoms with Gasteiger partial charge in [0.1, 0.15) is 6.10 Å². The molecule has 2 nitrogen and oxygen atoms in total. The Bertz CT molecular complexity index is 630. The van der Waals surface area contributed by atoms with Crippen LogP contribution in [0, 0.1) is 20.8 Å². The maximum absolute atomic E-state index is 12.9. The van der Waals surface area contributed by atoms with Gasteiger partial charge in [0.15, 0.2) is 5.78 Å². The molecule has 2 rings (SSSR count). The van der Waals surface area contributed by atoms with Crippen molar-refractivity contribution in [1.82, 2.24) is 0 Å². The second kappa shape index (κ2) is 6.68. The highest BCUT2D eigenvalue weighted by Crippen LogP contribution is 2.25. The van der Waals surface area contributed by atoms with Gasteiger partial charge in [-0.2, -0.15) is 0 Å². The van der Waals surface area contributed by atoms with Crippen molar-refractivity contribution >= 4 is 5.78 Å². The predicted molar refractivity (Wildman–Crippen MR) is 85.8 cm³/mol. The molecule has 0 fully saturated rings. The van der Waals surface area contributed by atoms with Gasteiger partial charge in [-0.25, -0.2) is 0 Å². The molecular weight excluding hydrogens is 260 g/mol. The van der Waals surface area contributed by atoms with Gasteiger partial charge in [0.25, 0.3) is 0 Å². The fraction of sp³-hybridized carbons (Fsp3) is 0.316. The van der Waals surface area contributed by atoms with Crippen LogP contribution in [0.15, 0.2) is 42.5 Å². The number of hydrogen-bond acceptors (Lipinski definition) is 2. The molecule has 0 aromatic heterocycles. The largest absolute Gasteiger partial charge is 0.366 e. The summed E-state index contributed by atoms with van der Waals surface area (Å²) in [4.78, 5) is 12.9. The van der Waals surface area contributed by atoms with Gasteiger partial charge in [-0.15, -0.1) is 0 Å². The van der Waals surface area contributed by atoms with Crippen molar-refractivity contribution in [2.24, 2.45) is 0 Å². The Labute approximate surface area is 126 Å². The minimum atomic E-state index is -0.531. The lowest BCUT2D eigenvalue weighted by atomic mass is 9.93. The molecule has 2 aromatic rings. The van der Waals surface area contributed by atoms with Crippen LogP contribution in [-0.2, 0) is 4.74 Å². The van der Waals surface area contributed by atoms with E-state index in [1.54, 1.807) is 0 Å². The van der Waals surface area contributed by atoms with Crippen molar-refractivity contribution in [3.63, 3.8) is 0 Å². The first-order chi connectivity index (χ1) is 10.0. The van der Waals surface area contributed by atoms with Gasteiger partial charge >= 0.3 is 0 Å². The molecule has 0 saturated heterocycles. The SMILES string of the molecule is CCOC(C(=O)c1cc(C)c(C)cc1C)c1ccccc1. The number of carbonyl (C=O) groups excluding carboxylic acids is 1. The Morgan fingerprint density at radius 1 is 1.00 bits per heavy atom. The van der Waals surface area contributed by atoms with E-state index in [0.717, 1.165) is 22.3 Å². The van der Waals surface area contributed by atoms with Gasteiger partial charge in [0, 0.05) is 12.2 Å². The molecular formula is C19H22O2. The van der Waals surface area contributed by atoms with E-state index in [1.165, 1.54) is 5.56 Å². The van der Waals surface area contributed by atoms with Crippen LogP contribution in [0.2, 0.25) is 0 Å². The number of ketones is 1. The van der Waals surface area contributed by atoms with E-state index in [4.69, 9.17) is 4.74 Å². The minimum Gasteiger partial charge on any atom is -0.366 e. The number of Topliss-reactive ketones (excluding diaryl/α,β-unsaturated/α-hetero) is 1. The highest BCUT2D eigenvalue weighted by Gasteiger charge is 2.24. The smallest absolute Gasteiger partial charge is 0.196 e. The quantitative estimate of drug-likeness (QED) is 0.751. The Balaban J connectivity index is 2.42.